The van der Waals surface area contributed by atoms with E-state index in [0.717, 1.165) is 0 Å². The van der Waals surface area contributed by atoms with Crippen molar-refractivity contribution < 1.29 is 14.4 Å². The second-order valence-electron chi connectivity index (χ2n) is 9.57. The predicted molar refractivity (Wildman–Crippen MR) is 124 cm³/mol. The standard InChI is InChI=1S/C24H32N4O3/c1-23(2,3)27-21(30)19(22(31)28-24(4,5)6)15-11-13-16(14-12-15)20(29)26-18-10-8-7-9-17(18)25/h7-14,19H,25H2,1-6H3,(H,26,29)(H,27,30)(H,28,31). The number of hydrogen-bond donors (Lipinski definition) is 4. The topological polar surface area (TPSA) is 113 Å². The molecule has 2 aromatic rings. The molecule has 0 aliphatic heterocycles. The van der Waals surface area contributed by atoms with Crippen LogP contribution in [-0.2, 0) is 9.59 Å². The van der Waals surface area contributed by atoms with Crippen LogP contribution in [0, 0.1) is 0 Å². The third kappa shape index (κ3) is 7.13. The highest BCUT2D eigenvalue weighted by atomic mass is 16.2. The van der Waals surface area contributed by atoms with Gasteiger partial charge in [-0.15, -0.1) is 0 Å². The van der Waals surface area contributed by atoms with Crippen LogP contribution >= 0.6 is 0 Å². The first-order chi connectivity index (χ1) is 14.3. The van der Waals surface area contributed by atoms with Gasteiger partial charge in [0.15, 0.2) is 0 Å². The van der Waals surface area contributed by atoms with Gasteiger partial charge in [0.2, 0.25) is 11.8 Å². The Bertz CT molecular complexity index is 926. The smallest absolute Gasteiger partial charge is 0.255 e. The number of carbonyl (C=O) groups is 3. The number of nitrogens with one attached hydrogen (secondary N) is 3. The molecule has 0 bridgehead atoms. The molecule has 2 aromatic carbocycles. The Hall–Kier alpha value is -3.35. The van der Waals surface area contributed by atoms with Gasteiger partial charge in [0, 0.05) is 16.6 Å². The molecule has 0 saturated carbocycles. The molecule has 0 unspecified atom stereocenters. The Labute approximate surface area is 183 Å². The van der Waals surface area contributed by atoms with E-state index in [0.29, 0.717) is 22.5 Å². The first-order valence-electron chi connectivity index (χ1n) is 10.2. The van der Waals surface area contributed by atoms with Crippen molar-refractivity contribution >= 4 is 29.1 Å². The summed E-state index contributed by atoms with van der Waals surface area (Å²) >= 11 is 0. The minimum Gasteiger partial charge on any atom is -0.397 e. The van der Waals surface area contributed by atoms with Gasteiger partial charge in [-0.05, 0) is 71.4 Å². The van der Waals surface area contributed by atoms with E-state index >= 15 is 0 Å². The summed E-state index contributed by atoms with van der Waals surface area (Å²) in [6, 6.07) is 13.4. The summed E-state index contributed by atoms with van der Waals surface area (Å²) < 4.78 is 0. The van der Waals surface area contributed by atoms with Gasteiger partial charge in [-0.25, -0.2) is 0 Å². The largest absolute Gasteiger partial charge is 0.397 e. The molecule has 0 radical (unpaired) electrons. The van der Waals surface area contributed by atoms with Gasteiger partial charge in [0.1, 0.15) is 5.92 Å². The van der Waals surface area contributed by atoms with E-state index in [1.807, 2.05) is 41.5 Å². The Balaban J connectivity index is 2.28. The summed E-state index contributed by atoms with van der Waals surface area (Å²) in [5.41, 5.74) is 6.75. The average molecular weight is 425 g/mol. The zero-order valence-corrected chi connectivity index (χ0v) is 19.0. The van der Waals surface area contributed by atoms with Crippen molar-refractivity contribution in [1.29, 1.82) is 0 Å². The third-order valence-electron chi connectivity index (χ3n) is 4.24. The molecule has 0 atom stereocenters. The molecule has 0 saturated heterocycles. The summed E-state index contributed by atoms with van der Waals surface area (Å²) in [7, 11) is 0. The molecule has 31 heavy (non-hydrogen) atoms. The predicted octanol–water partition coefficient (Wildman–Crippen LogP) is 3.43. The van der Waals surface area contributed by atoms with E-state index in [4.69, 9.17) is 5.73 Å². The fourth-order valence-corrected chi connectivity index (χ4v) is 2.94. The van der Waals surface area contributed by atoms with E-state index in [1.165, 1.54) is 0 Å². The van der Waals surface area contributed by atoms with Crippen molar-refractivity contribution in [3.05, 3.63) is 59.7 Å². The van der Waals surface area contributed by atoms with Gasteiger partial charge < -0.3 is 21.7 Å². The number of nitrogens with two attached hydrogens (primary N) is 1. The molecule has 7 nitrogen and oxygen atoms in total. The molecule has 2 rings (SSSR count). The van der Waals surface area contributed by atoms with Crippen molar-refractivity contribution in [3.8, 4) is 0 Å². The van der Waals surface area contributed by atoms with E-state index in [9.17, 15) is 14.4 Å². The van der Waals surface area contributed by atoms with Crippen molar-refractivity contribution in [2.24, 2.45) is 0 Å². The highest BCUT2D eigenvalue weighted by Crippen LogP contribution is 2.22. The molecule has 3 amide bonds. The second-order valence-corrected chi connectivity index (χ2v) is 9.57. The molecule has 0 fully saturated rings. The quantitative estimate of drug-likeness (QED) is 0.435. The van der Waals surface area contributed by atoms with Crippen LogP contribution in [0.2, 0.25) is 0 Å². The molecular formula is C24H32N4O3. The molecule has 0 aliphatic rings. The SMILES string of the molecule is CC(C)(C)NC(=O)C(C(=O)NC(C)(C)C)c1ccc(C(=O)Nc2ccccc2N)cc1. The Kier molecular flexibility index (Phi) is 7.10. The van der Waals surface area contributed by atoms with Gasteiger partial charge >= 0.3 is 0 Å². The maximum Gasteiger partial charge on any atom is 0.255 e. The normalized spacial score (nSPS) is 11.7. The first kappa shape index (κ1) is 23.9. The molecular weight excluding hydrogens is 392 g/mol. The minimum atomic E-state index is -1.04. The number of carbonyl (C=O) groups excluding carboxylic acids is 3. The van der Waals surface area contributed by atoms with Gasteiger partial charge in [-0.2, -0.15) is 0 Å². The number of rotatable bonds is 5. The molecule has 0 spiro atoms. The van der Waals surface area contributed by atoms with Gasteiger partial charge in [-0.3, -0.25) is 14.4 Å². The first-order valence-corrected chi connectivity index (χ1v) is 10.2. The van der Waals surface area contributed by atoms with E-state index in [-0.39, 0.29) is 5.91 Å². The number of benzene rings is 2. The van der Waals surface area contributed by atoms with Crippen LogP contribution in [0.3, 0.4) is 0 Å². The van der Waals surface area contributed by atoms with Gasteiger partial charge in [0.05, 0.1) is 11.4 Å². The molecule has 0 aliphatic carbocycles. The van der Waals surface area contributed by atoms with Gasteiger partial charge in [0.25, 0.3) is 5.91 Å². The maximum absolute atomic E-state index is 12.9. The third-order valence-corrected chi connectivity index (χ3v) is 4.24. The van der Waals surface area contributed by atoms with Crippen molar-refractivity contribution in [2.45, 2.75) is 58.5 Å². The lowest BCUT2D eigenvalue weighted by Gasteiger charge is -2.28. The highest BCUT2D eigenvalue weighted by Gasteiger charge is 2.32. The fraction of sp³-hybridized carbons (Fsp3) is 0.375. The summed E-state index contributed by atoms with van der Waals surface area (Å²) in [6.45, 7) is 11.1. The van der Waals surface area contributed by atoms with E-state index in [1.54, 1.807) is 48.5 Å². The zero-order valence-electron chi connectivity index (χ0n) is 19.0. The van der Waals surface area contributed by atoms with Crippen LogP contribution in [0.4, 0.5) is 11.4 Å². The lowest BCUT2D eigenvalue weighted by Crippen LogP contribution is -2.50. The highest BCUT2D eigenvalue weighted by molar-refractivity contribution is 6.07. The Morgan fingerprint density at radius 3 is 1.71 bits per heavy atom. The van der Waals surface area contributed by atoms with Crippen molar-refractivity contribution in [2.75, 3.05) is 11.1 Å². The minimum absolute atomic E-state index is 0.334. The van der Waals surface area contributed by atoms with Crippen LogP contribution in [0.1, 0.15) is 63.4 Å². The zero-order chi connectivity index (χ0) is 23.4. The summed E-state index contributed by atoms with van der Waals surface area (Å²) in [6.07, 6.45) is 0. The Morgan fingerprint density at radius 2 is 1.26 bits per heavy atom. The molecule has 5 N–H and O–H groups in total. The molecule has 166 valence electrons. The number of nitrogen functional groups attached to an aromatic ring is 1. The monoisotopic (exact) mass is 424 g/mol. The summed E-state index contributed by atoms with van der Waals surface area (Å²) in [5.74, 6) is -2.17. The summed E-state index contributed by atoms with van der Waals surface area (Å²) in [4.78, 5) is 38.4. The number of amides is 3. The van der Waals surface area contributed by atoms with Crippen LogP contribution in [-0.4, -0.2) is 28.8 Å². The Morgan fingerprint density at radius 1 is 0.774 bits per heavy atom. The fourth-order valence-electron chi connectivity index (χ4n) is 2.94. The van der Waals surface area contributed by atoms with Crippen LogP contribution in [0.25, 0.3) is 0 Å². The lowest BCUT2D eigenvalue weighted by molar-refractivity contribution is -0.133. The lowest BCUT2D eigenvalue weighted by atomic mass is 9.93. The maximum atomic E-state index is 12.9. The van der Waals surface area contributed by atoms with Crippen LogP contribution in [0.5, 0.6) is 0 Å². The number of hydrogen-bond acceptors (Lipinski definition) is 4. The molecule has 0 aromatic heterocycles. The molecule has 0 heterocycles. The van der Waals surface area contributed by atoms with Crippen LogP contribution < -0.4 is 21.7 Å². The average Bonchev–Trinajstić information content (AvgIpc) is 2.61. The number of anilines is 2. The van der Waals surface area contributed by atoms with Gasteiger partial charge in [-0.1, -0.05) is 24.3 Å². The summed E-state index contributed by atoms with van der Waals surface area (Å²) in [5, 5.41) is 8.50. The van der Waals surface area contributed by atoms with E-state index in [2.05, 4.69) is 16.0 Å². The van der Waals surface area contributed by atoms with Crippen molar-refractivity contribution in [1.82, 2.24) is 10.6 Å². The molecule has 7 heteroatoms. The van der Waals surface area contributed by atoms with Crippen LogP contribution in [0.15, 0.2) is 48.5 Å². The second kappa shape index (κ2) is 9.20. The van der Waals surface area contributed by atoms with E-state index < -0.39 is 28.8 Å². The number of para-hydroxylation sites is 2. The van der Waals surface area contributed by atoms with Crippen molar-refractivity contribution in [3.63, 3.8) is 0 Å².